The molecule has 0 bridgehead atoms. The number of aromatic nitrogens is 5. The Balaban J connectivity index is 1.75. The maximum Gasteiger partial charge on any atom is 0.433 e. The third-order valence-corrected chi connectivity index (χ3v) is 4.49. The van der Waals surface area contributed by atoms with Gasteiger partial charge in [-0.25, -0.2) is 9.50 Å². The first kappa shape index (κ1) is 18.7. The normalized spacial score (nSPS) is 12.1. The van der Waals surface area contributed by atoms with Crippen LogP contribution in [-0.2, 0) is 12.6 Å². The Hall–Kier alpha value is -2.65. The fourth-order valence-corrected chi connectivity index (χ4v) is 3.02. The van der Waals surface area contributed by atoms with Gasteiger partial charge in [-0.15, -0.1) is 10.2 Å². The van der Waals surface area contributed by atoms with Gasteiger partial charge >= 0.3 is 6.18 Å². The Morgan fingerprint density at radius 3 is 2.50 bits per heavy atom. The Morgan fingerprint density at radius 1 is 1.11 bits per heavy atom. The number of rotatable bonds is 3. The summed E-state index contributed by atoms with van der Waals surface area (Å²) in [4.78, 5) is 4.04. The molecule has 1 aromatic carbocycles. The van der Waals surface area contributed by atoms with Crippen molar-refractivity contribution in [2.75, 3.05) is 0 Å². The molecule has 0 saturated heterocycles. The minimum Gasteiger partial charge on any atom is -0.419 e. The molecule has 0 aliphatic rings. The largest absolute Gasteiger partial charge is 0.433 e. The summed E-state index contributed by atoms with van der Waals surface area (Å²) < 4.78 is 46.1. The summed E-state index contributed by atoms with van der Waals surface area (Å²) in [7, 11) is 0. The van der Waals surface area contributed by atoms with Crippen LogP contribution < -0.4 is 0 Å². The monoisotopic (exact) mass is 427 g/mol. The standard InChI is InChI=1S/C17H10Cl2F3N5O/c1-8-6-11(17(20,21)22)27-15(23-8)13(19)14(26-27)16-25-24-12(28-16)7-9-2-4-10(18)5-3-9/h2-6H,7H2,1H3. The van der Waals surface area contributed by atoms with Crippen LogP contribution in [0.5, 0.6) is 0 Å². The zero-order valence-corrected chi connectivity index (χ0v) is 15.6. The van der Waals surface area contributed by atoms with Crippen LogP contribution in [-0.4, -0.2) is 24.8 Å². The molecule has 4 rings (SSSR count). The maximum absolute atomic E-state index is 13.3. The SMILES string of the molecule is Cc1cc(C(F)(F)F)n2nc(-c3nnc(Cc4ccc(Cl)cc4)o3)c(Cl)c2n1. The minimum absolute atomic E-state index is 0.0693. The highest BCUT2D eigenvalue weighted by Crippen LogP contribution is 2.35. The molecule has 0 radical (unpaired) electrons. The van der Waals surface area contributed by atoms with E-state index in [9.17, 15) is 13.2 Å². The van der Waals surface area contributed by atoms with Gasteiger partial charge in [0, 0.05) is 10.7 Å². The minimum atomic E-state index is -4.63. The summed E-state index contributed by atoms with van der Waals surface area (Å²) in [5.41, 5.74) is -0.176. The van der Waals surface area contributed by atoms with Crippen LogP contribution in [0.4, 0.5) is 13.2 Å². The third-order valence-electron chi connectivity index (χ3n) is 3.89. The van der Waals surface area contributed by atoms with Gasteiger partial charge in [-0.3, -0.25) is 0 Å². The van der Waals surface area contributed by atoms with Gasteiger partial charge in [0.15, 0.2) is 11.3 Å². The molecule has 0 N–H and O–H groups in total. The van der Waals surface area contributed by atoms with Gasteiger partial charge in [-0.05, 0) is 30.7 Å². The highest BCUT2D eigenvalue weighted by molar-refractivity contribution is 6.35. The number of hydrogen-bond acceptors (Lipinski definition) is 5. The Kier molecular flexibility index (Phi) is 4.51. The van der Waals surface area contributed by atoms with Gasteiger partial charge in [0.1, 0.15) is 10.7 Å². The molecule has 11 heteroatoms. The van der Waals surface area contributed by atoms with Crippen molar-refractivity contribution in [3.63, 3.8) is 0 Å². The summed E-state index contributed by atoms with van der Waals surface area (Å²) >= 11 is 12.1. The van der Waals surface area contributed by atoms with Crippen molar-refractivity contribution in [2.45, 2.75) is 19.5 Å². The van der Waals surface area contributed by atoms with Crippen molar-refractivity contribution in [3.05, 3.63) is 63.2 Å². The molecule has 3 aromatic heterocycles. The molecule has 3 heterocycles. The average Bonchev–Trinajstić information content (AvgIpc) is 3.21. The van der Waals surface area contributed by atoms with E-state index < -0.39 is 11.9 Å². The van der Waals surface area contributed by atoms with E-state index in [-0.39, 0.29) is 33.8 Å². The summed E-state index contributed by atoms with van der Waals surface area (Å²) in [6, 6.07) is 7.93. The second kappa shape index (κ2) is 6.75. The van der Waals surface area contributed by atoms with Crippen LogP contribution >= 0.6 is 23.2 Å². The molecular weight excluding hydrogens is 418 g/mol. The summed E-state index contributed by atoms with van der Waals surface area (Å²) in [5, 5.41) is 12.2. The molecule has 0 saturated carbocycles. The number of alkyl halides is 3. The third kappa shape index (κ3) is 3.43. The van der Waals surface area contributed by atoms with E-state index in [1.165, 1.54) is 6.92 Å². The maximum atomic E-state index is 13.3. The summed E-state index contributed by atoms with van der Waals surface area (Å²) in [6.45, 7) is 1.44. The summed E-state index contributed by atoms with van der Waals surface area (Å²) in [5.74, 6) is 0.163. The van der Waals surface area contributed by atoms with E-state index in [1.54, 1.807) is 24.3 Å². The van der Waals surface area contributed by atoms with Crippen molar-refractivity contribution in [3.8, 4) is 11.6 Å². The fourth-order valence-electron chi connectivity index (χ4n) is 2.65. The average molecular weight is 428 g/mol. The smallest absolute Gasteiger partial charge is 0.419 e. The second-order valence-corrected chi connectivity index (χ2v) is 6.80. The van der Waals surface area contributed by atoms with Crippen molar-refractivity contribution in [1.82, 2.24) is 24.8 Å². The number of nitrogens with zero attached hydrogens (tertiary/aromatic N) is 5. The van der Waals surface area contributed by atoms with Crippen LogP contribution in [0.3, 0.4) is 0 Å². The molecule has 0 aliphatic heterocycles. The molecule has 4 aromatic rings. The predicted octanol–water partition coefficient (Wildman–Crippen LogP) is 5.00. The molecule has 0 spiro atoms. The van der Waals surface area contributed by atoms with Gasteiger partial charge < -0.3 is 4.42 Å². The first-order chi connectivity index (χ1) is 13.2. The lowest BCUT2D eigenvalue weighted by atomic mass is 10.1. The highest BCUT2D eigenvalue weighted by atomic mass is 35.5. The van der Waals surface area contributed by atoms with Crippen LogP contribution in [0.25, 0.3) is 17.2 Å². The van der Waals surface area contributed by atoms with Gasteiger partial charge in [-0.1, -0.05) is 35.3 Å². The molecule has 0 fully saturated rings. The van der Waals surface area contributed by atoms with Gasteiger partial charge in [-0.2, -0.15) is 18.3 Å². The van der Waals surface area contributed by atoms with Gasteiger partial charge in [0.05, 0.1) is 6.42 Å². The molecule has 0 atom stereocenters. The number of hydrogen-bond donors (Lipinski definition) is 0. The fraction of sp³-hybridized carbons (Fsp3) is 0.176. The van der Waals surface area contributed by atoms with E-state index in [2.05, 4.69) is 20.3 Å². The lowest BCUT2D eigenvalue weighted by Gasteiger charge is -2.09. The second-order valence-electron chi connectivity index (χ2n) is 5.98. The van der Waals surface area contributed by atoms with Gasteiger partial charge in [0.2, 0.25) is 5.89 Å². The van der Waals surface area contributed by atoms with Crippen molar-refractivity contribution >= 4 is 28.8 Å². The lowest BCUT2D eigenvalue weighted by Crippen LogP contribution is -2.13. The van der Waals surface area contributed by atoms with Gasteiger partial charge in [0.25, 0.3) is 5.89 Å². The molecule has 0 unspecified atom stereocenters. The van der Waals surface area contributed by atoms with Crippen molar-refractivity contribution < 1.29 is 17.6 Å². The molecule has 0 aliphatic carbocycles. The number of halogens is 5. The number of aryl methyl sites for hydroxylation is 1. The Bertz CT molecular complexity index is 1170. The topological polar surface area (TPSA) is 69.1 Å². The Labute approximate surface area is 165 Å². The number of fused-ring (bicyclic) bond motifs is 1. The zero-order valence-electron chi connectivity index (χ0n) is 14.1. The highest BCUT2D eigenvalue weighted by Gasteiger charge is 2.36. The molecular formula is C17H10Cl2F3N5O. The van der Waals surface area contributed by atoms with E-state index in [0.717, 1.165) is 11.6 Å². The molecule has 6 nitrogen and oxygen atoms in total. The Morgan fingerprint density at radius 2 is 1.82 bits per heavy atom. The predicted molar refractivity (Wildman–Crippen MR) is 95.3 cm³/mol. The quantitative estimate of drug-likeness (QED) is 0.459. The summed E-state index contributed by atoms with van der Waals surface area (Å²) in [6.07, 6.45) is -4.31. The van der Waals surface area contributed by atoms with E-state index in [1.807, 2.05) is 0 Å². The molecule has 28 heavy (non-hydrogen) atoms. The van der Waals surface area contributed by atoms with Crippen LogP contribution in [0.15, 0.2) is 34.7 Å². The van der Waals surface area contributed by atoms with Crippen LogP contribution in [0, 0.1) is 6.92 Å². The lowest BCUT2D eigenvalue weighted by molar-refractivity contribution is -0.142. The van der Waals surface area contributed by atoms with E-state index in [4.69, 9.17) is 27.6 Å². The molecule has 0 amide bonds. The van der Waals surface area contributed by atoms with E-state index >= 15 is 0 Å². The van der Waals surface area contributed by atoms with Crippen molar-refractivity contribution in [1.29, 1.82) is 0 Å². The van der Waals surface area contributed by atoms with Crippen molar-refractivity contribution in [2.24, 2.45) is 0 Å². The first-order valence-corrected chi connectivity index (χ1v) is 8.68. The zero-order chi connectivity index (χ0) is 20.1. The van der Waals surface area contributed by atoms with Crippen LogP contribution in [0.1, 0.15) is 22.8 Å². The molecule has 144 valence electrons. The van der Waals surface area contributed by atoms with Crippen LogP contribution in [0.2, 0.25) is 10.0 Å². The number of benzene rings is 1. The first-order valence-electron chi connectivity index (χ1n) is 7.92. The van der Waals surface area contributed by atoms with E-state index in [0.29, 0.717) is 16.0 Å².